The van der Waals surface area contributed by atoms with Crippen LogP contribution in [0.4, 0.5) is 13.2 Å². The zero-order chi connectivity index (χ0) is 19.4. The third-order valence-corrected chi connectivity index (χ3v) is 5.20. The Labute approximate surface area is 154 Å². The predicted octanol–water partition coefficient (Wildman–Crippen LogP) is 3.86. The van der Waals surface area contributed by atoms with E-state index < -0.39 is 23.7 Å². The van der Waals surface area contributed by atoms with Gasteiger partial charge in [-0.05, 0) is 11.1 Å². The summed E-state index contributed by atoms with van der Waals surface area (Å²) in [6.07, 6.45) is -2.02. The molecule has 1 heterocycles. The molecule has 9 heteroatoms. The Hall–Kier alpha value is -2.91. The van der Waals surface area contributed by atoms with Crippen LogP contribution in [0.1, 0.15) is 21.1 Å². The van der Waals surface area contributed by atoms with Crippen molar-refractivity contribution in [3.05, 3.63) is 81.0 Å². The Morgan fingerprint density at radius 2 is 1.89 bits per heavy atom. The van der Waals surface area contributed by atoms with Crippen LogP contribution in [0.15, 0.2) is 64.8 Å². The molecule has 138 valence electrons. The second-order valence-corrected chi connectivity index (χ2v) is 6.69. The number of thiazole rings is 1. The normalized spacial score (nSPS) is 21.3. The van der Waals surface area contributed by atoms with E-state index >= 15 is 0 Å². The van der Waals surface area contributed by atoms with Crippen molar-refractivity contribution in [3.63, 3.8) is 0 Å². The highest BCUT2D eigenvalue weighted by Gasteiger charge is 2.58. The first-order chi connectivity index (χ1) is 12.7. The third-order valence-electron chi connectivity index (χ3n) is 4.24. The van der Waals surface area contributed by atoms with Gasteiger partial charge in [0.05, 0.1) is 0 Å². The summed E-state index contributed by atoms with van der Waals surface area (Å²) in [6, 6.07) is 8.55. The number of alkyl halides is 3. The first kappa shape index (κ1) is 17.5. The standard InChI is InChI=1S/C18H10F3NO4S/c19-18(20,21)26-14-11-7-6-10(9-4-2-1-3-5-9)13(14)17(11,25)16-22-12(8-27-16)15(23)24/h1-8,25H,(H,23,24). The molecule has 0 radical (unpaired) electrons. The molecule has 2 N–H and O–H groups in total. The number of nitrogens with zero attached hydrogens (tertiary/aromatic N) is 1. The predicted molar refractivity (Wildman–Crippen MR) is 89.6 cm³/mol. The molecule has 2 aliphatic rings. The van der Waals surface area contributed by atoms with Crippen molar-refractivity contribution in [1.82, 2.24) is 4.98 Å². The van der Waals surface area contributed by atoms with Crippen molar-refractivity contribution in [2.24, 2.45) is 0 Å². The van der Waals surface area contributed by atoms with Crippen molar-refractivity contribution in [2.75, 3.05) is 0 Å². The molecular formula is C18H10F3NO4S. The average molecular weight is 393 g/mol. The van der Waals surface area contributed by atoms with E-state index in [1.165, 1.54) is 11.5 Å². The molecule has 4 rings (SSSR count). The van der Waals surface area contributed by atoms with Crippen LogP contribution in [0.25, 0.3) is 5.57 Å². The van der Waals surface area contributed by atoms with Gasteiger partial charge in [-0.2, -0.15) is 0 Å². The van der Waals surface area contributed by atoms with Crippen LogP contribution < -0.4 is 0 Å². The second kappa shape index (κ2) is 5.80. The monoisotopic (exact) mass is 393 g/mol. The Morgan fingerprint density at radius 3 is 2.48 bits per heavy atom. The zero-order valence-corrected chi connectivity index (χ0v) is 14.1. The number of benzene rings is 1. The van der Waals surface area contributed by atoms with Crippen molar-refractivity contribution < 1.29 is 32.9 Å². The fourth-order valence-electron chi connectivity index (χ4n) is 3.14. The lowest BCUT2D eigenvalue weighted by molar-refractivity contribution is -0.307. The maximum absolute atomic E-state index is 12.9. The van der Waals surface area contributed by atoms with E-state index in [-0.39, 0.29) is 21.8 Å². The zero-order valence-electron chi connectivity index (χ0n) is 13.3. The van der Waals surface area contributed by atoms with Crippen LogP contribution in [-0.2, 0) is 10.3 Å². The van der Waals surface area contributed by atoms with E-state index in [4.69, 9.17) is 5.11 Å². The summed E-state index contributed by atoms with van der Waals surface area (Å²) >= 11 is 0.854. The number of ether oxygens (including phenoxy) is 1. The molecule has 0 saturated carbocycles. The Morgan fingerprint density at radius 1 is 1.19 bits per heavy atom. The second-order valence-electron chi connectivity index (χ2n) is 5.83. The summed E-state index contributed by atoms with van der Waals surface area (Å²) in [4.78, 5) is 15.0. The molecule has 2 aromatic rings. The van der Waals surface area contributed by atoms with Gasteiger partial charge in [-0.1, -0.05) is 42.5 Å². The first-order valence-corrected chi connectivity index (χ1v) is 8.50. The molecule has 5 nitrogen and oxygen atoms in total. The number of rotatable bonds is 4. The molecule has 2 bridgehead atoms. The number of hydrogen-bond donors (Lipinski definition) is 2. The summed E-state index contributed by atoms with van der Waals surface area (Å²) in [7, 11) is 0. The third kappa shape index (κ3) is 2.66. The minimum Gasteiger partial charge on any atom is -0.476 e. The lowest BCUT2D eigenvalue weighted by atomic mass is 9.65. The summed E-state index contributed by atoms with van der Waals surface area (Å²) in [6.45, 7) is 0. The van der Waals surface area contributed by atoms with Crippen molar-refractivity contribution >= 4 is 22.9 Å². The maximum Gasteiger partial charge on any atom is 0.573 e. The lowest BCUT2D eigenvalue weighted by Crippen LogP contribution is -2.44. The van der Waals surface area contributed by atoms with E-state index in [0.717, 1.165) is 11.3 Å². The number of aromatic nitrogens is 1. The molecule has 1 unspecified atom stereocenters. The highest BCUT2D eigenvalue weighted by molar-refractivity contribution is 7.10. The fraction of sp³-hybridized carbons (Fsp3) is 0.111. The molecule has 0 spiro atoms. The van der Waals surface area contributed by atoms with Crippen LogP contribution in [0.5, 0.6) is 0 Å². The van der Waals surface area contributed by atoms with Crippen molar-refractivity contribution in [2.45, 2.75) is 12.0 Å². The smallest absolute Gasteiger partial charge is 0.476 e. The molecule has 2 aliphatic carbocycles. The molecule has 1 atom stereocenters. The number of aliphatic hydroxyl groups is 1. The SMILES string of the molecule is O=C(O)c1csc(C2(O)c3ccc(-c4ccccc4)c2c3OC(F)(F)F)n1. The van der Waals surface area contributed by atoms with Gasteiger partial charge in [0.2, 0.25) is 0 Å². The van der Waals surface area contributed by atoms with E-state index in [2.05, 4.69) is 9.72 Å². The lowest BCUT2D eigenvalue weighted by Gasteiger charge is -2.45. The number of fused-ring (bicyclic) bond motifs is 2. The van der Waals surface area contributed by atoms with Gasteiger partial charge in [0.1, 0.15) is 10.8 Å². The molecule has 0 saturated heterocycles. The largest absolute Gasteiger partial charge is 0.573 e. The summed E-state index contributed by atoms with van der Waals surface area (Å²) in [5.41, 5.74) is -1.52. The average Bonchev–Trinajstić information content (AvgIpc) is 3.12. The number of hydrogen-bond acceptors (Lipinski definition) is 5. The van der Waals surface area contributed by atoms with Crippen LogP contribution >= 0.6 is 11.3 Å². The minimum absolute atomic E-state index is 0.0304. The number of carbonyl (C=O) groups is 1. The van der Waals surface area contributed by atoms with Gasteiger partial charge in [-0.25, -0.2) is 9.78 Å². The highest BCUT2D eigenvalue weighted by Crippen LogP contribution is 2.60. The van der Waals surface area contributed by atoms with Gasteiger partial charge in [-0.15, -0.1) is 24.5 Å². The summed E-state index contributed by atoms with van der Waals surface area (Å²) in [5.74, 6) is -1.78. The van der Waals surface area contributed by atoms with Crippen molar-refractivity contribution in [3.8, 4) is 0 Å². The number of halogens is 3. The Bertz CT molecular complexity index is 1040. The molecule has 1 aromatic heterocycles. The van der Waals surface area contributed by atoms with Crippen LogP contribution in [0.3, 0.4) is 0 Å². The topological polar surface area (TPSA) is 79.7 Å². The minimum atomic E-state index is -4.94. The number of allylic oxidation sites excluding steroid dienone is 2. The molecular weight excluding hydrogens is 383 g/mol. The number of carboxylic acid groups (broad SMARTS) is 1. The van der Waals surface area contributed by atoms with Crippen LogP contribution in [0, 0.1) is 0 Å². The van der Waals surface area contributed by atoms with Crippen LogP contribution in [0.2, 0.25) is 0 Å². The van der Waals surface area contributed by atoms with E-state index in [0.29, 0.717) is 11.1 Å². The molecule has 1 aromatic carbocycles. The quantitative estimate of drug-likeness (QED) is 0.825. The Kier molecular flexibility index (Phi) is 3.76. The van der Waals surface area contributed by atoms with Gasteiger partial charge in [-0.3, -0.25) is 0 Å². The highest BCUT2D eigenvalue weighted by atomic mass is 32.1. The Balaban J connectivity index is 1.86. The van der Waals surface area contributed by atoms with Gasteiger partial charge in [0.15, 0.2) is 11.3 Å². The van der Waals surface area contributed by atoms with E-state index in [9.17, 15) is 23.1 Å². The fourth-order valence-corrected chi connectivity index (χ4v) is 4.05. The summed E-state index contributed by atoms with van der Waals surface area (Å²) in [5, 5.41) is 21.4. The molecule has 0 aliphatic heterocycles. The first-order valence-electron chi connectivity index (χ1n) is 7.62. The number of aromatic carboxylic acids is 1. The van der Waals surface area contributed by atoms with Crippen molar-refractivity contribution in [1.29, 1.82) is 0 Å². The molecule has 27 heavy (non-hydrogen) atoms. The summed E-state index contributed by atoms with van der Waals surface area (Å²) < 4.78 is 42.7. The maximum atomic E-state index is 12.9. The van der Waals surface area contributed by atoms with Gasteiger partial charge in [0, 0.05) is 16.5 Å². The molecule has 0 fully saturated rings. The van der Waals surface area contributed by atoms with E-state index in [1.54, 1.807) is 36.4 Å². The van der Waals surface area contributed by atoms with Gasteiger partial charge in [0.25, 0.3) is 0 Å². The molecule has 0 amide bonds. The van der Waals surface area contributed by atoms with E-state index in [1.807, 2.05) is 0 Å². The van der Waals surface area contributed by atoms with Crippen LogP contribution in [-0.4, -0.2) is 27.5 Å². The number of carboxylic acids is 1. The van der Waals surface area contributed by atoms with Gasteiger partial charge >= 0.3 is 12.3 Å². The van der Waals surface area contributed by atoms with Gasteiger partial charge < -0.3 is 14.9 Å².